The number of alkyl halides is 2. The summed E-state index contributed by atoms with van der Waals surface area (Å²) in [5.74, 6) is -1.08. The lowest BCUT2D eigenvalue weighted by molar-refractivity contribution is 0.0593. The predicted octanol–water partition coefficient (Wildman–Crippen LogP) is 6.78. The number of aromatic nitrogens is 5. The predicted molar refractivity (Wildman–Crippen MR) is 147 cm³/mol. The van der Waals surface area contributed by atoms with Gasteiger partial charge in [0.05, 0.1) is 27.5 Å². The zero-order valence-corrected chi connectivity index (χ0v) is 23.4. The molecule has 40 heavy (non-hydrogen) atoms. The molecule has 0 amide bonds. The Morgan fingerprint density at radius 3 is 2.60 bits per heavy atom. The first-order valence-corrected chi connectivity index (χ1v) is 13.4. The molecule has 5 rings (SSSR count). The molecular formula is C29H29ClF3N7. The van der Waals surface area contributed by atoms with E-state index in [2.05, 4.69) is 52.4 Å². The van der Waals surface area contributed by atoms with Crippen LogP contribution in [-0.2, 0) is 12.0 Å². The molecule has 3 aromatic heterocycles. The maximum atomic E-state index is 13.9. The molecule has 1 atom stereocenters. The van der Waals surface area contributed by atoms with E-state index in [0.29, 0.717) is 69.9 Å². The first-order chi connectivity index (χ1) is 18.9. The van der Waals surface area contributed by atoms with Crippen LogP contribution in [0.15, 0.2) is 36.7 Å². The molecule has 4 aromatic rings. The summed E-state index contributed by atoms with van der Waals surface area (Å²) in [5.41, 5.74) is 2.63. The van der Waals surface area contributed by atoms with Crippen molar-refractivity contribution in [3.8, 4) is 6.07 Å². The molecule has 0 radical (unpaired) electrons. The van der Waals surface area contributed by atoms with Crippen molar-refractivity contribution in [3.63, 3.8) is 0 Å². The third-order valence-electron chi connectivity index (χ3n) is 7.30. The van der Waals surface area contributed by atoms with Gasteiger partial charge in [0.2, 0.25) is 5.95 Å². The molecule has 0 saturated heterocycles. The van der Waals surface area contributed by atoms with Crippen molar-refractivity contribution in [2.75, 3.05) is 11.9 Å². The van der Waals surface area contributed by atoms with Crippen molar-refractivity contribution in [1.82, 2.24) is 25.0 Å². The number of nitriles is 1. The highest BCUT2D eigenvalue weighted by molar-refractivity contribution is 6.35. The number of pyridine rings is 2. The molecule has 1 saturated carbocycles. The van der Waals surface area contributed by atoms with Gasteiger partial charge in [0.25, 0.3) is 6.43 Å². The Labute approximate surface area is 235 Å². The molecular weight excluding hydrogens is 539 g/mol. The van der Waals surface area contributed by atoms with Crippen molar-refractivity contribution in [3.05, 3.63) is 75.7 Å². The summed E-state index contributed by atoms with van der Waals surface area (Å²) in [6.07, 6.45) is 1.50. The van der Waals surface area contributed by atoms with Crippen molar-refractivity contribution in [2.24, 2.45) is 5.41 Å². The van der Waals surface area contributed by atoms with Gasteiger partial charge in [-0.1, -0.05) is 43.7 Å². The standard InChI is InChI=1S/C29H29ClF3N7/c1-16-19(5-6-24(31)37-16)20(23-14-40(39-38-23)29(7-8-29)27(32)33)9-17-10-21-25(36-15-28(2,3)4)18(12-34)13-35-26(21)22(30)11-17/h5-6,10-11,13-14,20,27H,7-9,15H2,1-4H3,(H,35,36)/t20-/m0/s1. The van der Waals surface area contributed by atoms with Crippen molar-refractivity contribution < 1.29 is 13.2 Å². The number of anilines is 1. The minimum Gasteiger partial charge on any atom is -0.383 e. The van der Waals surface area contributed by atoms with Crippen LogP contribution in [0, 0.1) is 29.6 Å². The molecule has 0 bridgehead atoms. The fourth-order valence-electron chi connectivity index (χ4n) is 4.91. The molecule has 1 N–H and O–H groups in total. The maximum Gasteiger partial charge on any atom is 0.263 e. The van der Waals surface area contributed by atoms with Gasteiger partial charge < -0.3 is 5.32 Å². The monoisotopic (exact) mass is 567 g/mol. The molecule has 0 spiro atoms. The number of halogens is 4. The second-order valence-corrected chi connectivity index (χ2v) is 12.0. The lowest BCUT2D eigenvalue weighted by atomic mass is 9.88. The van der Waals surface area contributed by atoms with Crippen LogP contribution in [0.2, 0.25) is 5.02 Å². The van der Waals surface area contributed by atoms with E-state index in [-0.39, 0.29) is 5.41 Å². The van der Waals surface area contributed by atoms with Crippen molar-refractivity contribution in [1.29, 1.82) is 5.26 Å². The Morgan fingerprint density at radius 1 is 1.23 bits per heavy atom. The Kier molecular flexibility index (Phi) is 7.21. The van der Waals surface area contributed by atoms with Gasteiger partial charge in [-0.3, -0.25) is 4.98 Å². The Morgan fingerprint density at radius 2 is 1.98 bits per heavy atom. The van der Waals surface area contributed by atoms with E-state index in [1.54, 1.807) is 25.3 Å². The molecule has 1 fully saturated rings. The normalized spacial score (nSPS) is 15.3. The van der Waals surface area contributed by atoms with Gasteiger partial charge >= 0.3 is 0 Å². The van der Waals surface area contributed by atoms with Crippen LogP contribution in [0.3, 0.4) is 0 Å². The SMILES string of the molecule is Cc1nc(F)ccc1[C@H](Cc1cc(Cl)c2ncc(C#N)c(NCC(C)(C)C)c2c1)c1cn(C2(C(F)F)CC2)nn1. The zero-order chi connectivity index (χ0) is 28.8. The average molecular weight is 568 g/mol. The summed E-state index contributed by atoms with van der Waals surface area (Å²) >= 11 is 6.70. The molecule has 1 aromatic carbocycles. The summed E-state index contributed by atoms with van der Waals surface area (Å²) in [7, 11) is 0. The minimum absolute atomic E-state index is 0.0507. The largest absolute Gasteiger partial charge is 0.383 e. The highest BCUT2D eigenvalue weighted by atomic mass is 35.5. The number of fused-ring (bicyclic) bond motifs is 1. The Hall–Kier alpha value is -3.71. The van der Waals surface area contributed by atoms with E-state index < -0.39 is 23.8 Å². The smallest absolute Gasteiger partial charge is 0.263 e. The van der Waals surface area contributed by atoms with Crippen LogP contribution in [-0.4, -0.2) is 37.9 Å². The lowest BCUT2D eigenvalue weighted by Gasteiger charge is -2.22. The first-order valence-electron chi connectivity index (χ1n) is 13.0. The van der Waals surface area contributed by atoms with Gasteiger partial charge in [-0.2, -0.15) is 9.65 Å². The number of nitrogens with zero attached hydrogens (tertiary/aromatic N) is 6. The first kappa shape index (κ1) is 27.8. The maximum absolute atomic E-state index is 13.9. The van der Waals surface area contributed by atoms with Crippen LogP contribution in [0.1, 0.15) is 67.6 Å². The van der Waals surface area contributed by atoms with Crippen LogP contribution in [0.25, 0.3) is 10.9 Å². The van der Waals surface area contributed by atoms with Gasteiger partial charge in [0, 0.05) is 35.9 Å². The summed E-state index contributed by atoms with van der Waals surface area (Å²) in [4.78, 5) is 8.41. The molecule has 208 valence electrons. The minimum atomic E-state index is -2.56. The third kappa shape index (κ3) is 5.35. The molecule has 1 aliphatic rings. The second kappa shape index (κ2) is 10.4. The van der Waals surface area contributed by atoms with Gasteiger partial charge in [0.1, 0.15) is 11.6 Å². The van der Waals surface area contributed by atoms with Crippen LogP contribution >= 0.6 is 11.6 Å². The van der Waals surface area contributed by atoms with Crippen molar-refractivity contribution >= 4 is 28.2 Å². The number of hydrogen-bond donors (Lipinski definition) is 1. The van der Waals surface area contributed by atoms with E-state index in [1.165, 1.54) is 16.9 Å². The van der Waals surface area contributed by atoms with E-state index in [4.69, 9.17) is 11.6 Å². The quantitative estimate of drug-likeness (QED) is 0.236. The van der Waals surface area contributed by atoms with Crippen LogP contribution in [0.5, 0.6) is 0 Å². The lowest BCUT2D eigenvalue weighted by Crippen LogP contribution is -2.26. The molecule has 11 heteroatoms. The summed E-state index contributed by atoms with van der Waals surface area (Å²) in [6.45, 7) is 8.57. The average Bonchev–Trinajstić information content (AvgIpc) is 3.56. The topological polar surface area (TPSA) is 92.3 Å². The number of nitrogens with one attached hydrogen (secondary N) is 1. The summed E-state index contributed by atoms with van der Waals surface area (Å²) in [5, 5.41) is 22.6. The van der Waals surface area contributed by atoms with E-state index >= 15 is 0 Å². The fraction of sp³-hybridized carbons (Fsp3) is 0.414. The highest BCUT2D eigenvalue weighted by Gasteiger charge is 2.54. The third-order valence-corrected chi connectivity index (χ3v) is 7.59. The van der Waals surface area contributed by atoms with Gasteiger partial charge in [0.15, 0.2) is 0 Å². The van der Waals surface area contributed by atoms with Gasteiger partial charge in [-0.15, -0.1) is 5.10 Å². The van der Waals surface area contributed by atoms with Crippen LogP contribution in [0.4, 0.5) is 18.9 Å². The molecule has 0 unspecified atom stereocenters. The fourth-order valence-corrected chi connectivity index (χ4v) is 5.20. The van der Waals surface area contributed by atoms with E-state index in [1.807, 2.05) is 6.07 Å². The second-order valence-electron chi connectivity index (χ2n) is 11.6. The number of benzene rings is 1. The molecule has 0 aliphatic heterocycles. The van der Waals surface area contributed by atoms with Gasteiger partial charge in [-0.05, 0) is 60.9 Å². The van der Waals surface area contributed by atoms with E-state index in [9.17, 15) is 18.4 Å². The highest BCUT2D eigenvalue weighted by Crippen LogP contribution is 2.48. The Balaban J connectivity index is 1.60. The van der Waals surface area contributed by atoms with E-state index in [0.717, 1.165) is 5.56 Å². The van der Waals surface area contributed by atoms with Crippen LogP contribution < -0.4 is 5.32 Å². The molecule has 7 nitrogen and oxygen atoms in total. The zero-order valence-electron chi connectivity index (χ0n) is 22.6. The van der Waals surface area contributed by atoms with Crippen molar-refractivity contribution in [2.45, 2.75) is 64.8 Å². The summed E-state index contributed by atoms with van der Waals surface area (Å²) in [6, 6.07) is 8.83. The van der Waals surface area contributed by atoms with Gasteiger partial charge in [-0.25, -0.2) is 18.4 Å². The summed E-state index contributed by atoms with van der Waals surface area (Å²) < 4.78 is 42.8. The molecule has 1 aliphatic carbocycles. The number of aryl methyl sites for hydroxylation is 1. The number of rotatable bonds is 8. The number of hydrogen-bond acceptors (Lipinski definition) is 6. The molecule has 3 heterocycles. The Bertz CT molecular complexity index is 1620.